The molecule has 0 spiro atoms. The minimum Gasteiger partial charge on any atom is -0.465 e. The van der Waals surface area contributed by atoms with Crippen LogP contribution in [0.15, 0.2) is 24.3 Å². The highest BCUT2D eigenvalue weighted by Crippen LogP contribution is 2.15. The molecular formula is C16H25NO4. The standard InChI is InChI=1S/C16H25NO4/c1-4-16(18)20-12-14-6-8-15(9-7-14)21-13(3)19-11-10-17-5-2/h6-9,13,17H,4-5,10-12H2,1-3H3. The zero-order chi connectivity index (χ0) is 15.5. The van der Waals surface area contributed by atoms with E-state index in [1.165, 1.54) is 0 Å². The molecule has 1 rings (SSSR count). The van der Waals surface area contributed by atoms with E-state index in [-0.39, 0.29) is 12.3 Å². The fourth-order valence-electron chi connectivity index (χ4n) is 1.63. The van der Waals surface area contributed by atoms with Gasteiger partial charge in [-0.1, -0.05) is 26.0 Å². The van der Waals surface area contributed by atoms with E-state index in [9.17, 15) is 4.79 Å². The summed E-state index contributed by atoms with van der Waals surface area (Å²) >= 11 is 0. The summed E-state index contributed by atoms with van der Waals surface area (Å²) < 4.78 is 16.2. The summed E-state index contributed by atoms with van der Waals surface area (Å²) in [6.07, 6.45) is 0.0931. The SMILES string of the molecule is CCNCCOC(C)Oc1ccc(COC(=O)CC)cc1. The molecule has 0 fully saturated rings. The molecule has 5 nitrogen and oxygen atoms in total. The molecule has 0 aliphatic carbocycles. The van der Waals surface area contributed by atoms with Gasteiger partial charge in [-0.15, -0.1) is 0 Å². The predicted molar refractivity (Wildman–Crippen MR) is 81.1 cm³/mol. The fourth-order valence-corrected chi connectivity index (χ4v) is 1.63. The monoisotopic (exact) mass is 295 g/mol. The van der Waals surface area contributed by atoms with Crippen LogP contribution in [0.5, 0.6) is 5.75 Å². The first kappa shape index (κ1) is 17.5. The van der Waals surface area contributed by atoms with Gasteiger partial charge in [0.15, 0.2) is 6.29 Å². The second-order valence-corrected chi connectivity index (χ2v) is 4.57. The van der Waals surface area contributed by atoms with Crippen LogP contribution in [-0.2, 0) is 20.9 Å². The number of nitrogens with one attached hydrogen (secondary N) is 1. The highest BCUT2D eigenvalue weighted by Gasteiger charge is 2.04. The van der Waals surface area contributed by atoms with Crippen molar-refractivity contribution in [2.45, 2.75) is 40.1 Å². The van der Waals surface area contributed by atoms with Gasteiger partial charge in [0.25, 0.3) is 0 Å². The first-order valence-corrected chi connectivity index (χ1v) is 7.39. The minimum absolute atomic E-state index is 0.196. The summed E-state index contributed by atoms with van der Waals surface area (Å²) in [7, 11) is 0. The van der Waals surface area contributed by atoms with Gasteiger partial charge in [0, 0.05) is 13.0 Å². The van der Waals surface area contributed by atoms with Gasteiger partial charge in [0.05, 0.1) is 6.61 Å². The molecule has 0 radical (unpaired) electrons. The zero-order valence-corrected chi connectivity index (χ0v) is 13.1. The number of benzene rings is 1. The average Bonchev–Trinajstić information content (AvgIpc) is 2.50. The summed E-state index contributed by atoms with van der Waals surface area (Å²) in [5.74, 6) is 0.537. The van der Waals surface area contributed by atoms with Gasteiger partial charge in [0.1, 0.15) is 12.4 Å². The molecule has 5 heteroatoms. The summed E-state index contributed by atoms with van der Waals surface area (Å²) in [4.78, 5) is 11.1. The van der Waals surface area contributed by atoms with E-state index in [1.54, 1.807) is 6.92 Å². The lowest BCUT2D eigenvalue weighted by molar-refractivity contribution is -0.144. The molecule has 1 aromatic rings. The molecule has 0 aromatic heterocycles. The van der Waals surface area contributed by atoms with Crippen molar-refractivity contribution in [2.75, 3.05) is 19.7 Å². The van der Waals surface area contributed by atoms with E-state index >= 15 is 0 Å². The number of carbonyl (C=O) groups is 1. The van der Waals surface area contributed by atoms with Crippen molar-refractivity contribution in [3.63, 3.8) is 0 Å². The molecule has 0 amide bonds. The predicted octanol–water partition coefficient (Wildman–Crippen LogP) is 2.49. The molecular weight excluding hydrogens is 270 g/mol. The quantitative estimate of drug-likeness (QED) is 0.408. The van der Waals surface area contributed by atoms with Crippen LogP contribution in [0.2, 0.25) is 0 Å². The molecule has 118 valence electrons. The molecule has 1 atom stereocenters. The van der Waals surface area contributed by atoms with Crippen molar-refractivity contribution in [3.05, 3.63) is 29.8 Å². The molecule has 1 N–H and O–H groups in total. The average molecular weight is 295 g/mol. The Bertz CT molecular complexity index is 405. The lowest BCUT2D eigenvalue weighted by atomic mass is 10.2. The number of rotatable bonds is 10. The highest BCUT2D eigenvalue weighted by atomic mass is 16.7. The van der Waals surface area contributed by atoms with Crippen LogP contribution >= 0.6 is 0 Å². The van der Waals surface area contributed by atoms with Gasteiger partial charge in [-0.2, -0.15) is 0 Å². The summed E-state index contributed by atoms with van der Waals surface area (Å²) in [5.41, 5.74) is 0.935. The molecule has 21 heavy (non-hydrogen) atoms. The molecule has 0 bridgehead atoms. The first-order valence-electron chi connectivity index (χ1n) is 7.39. The first-order chi connectivity index (χ1) is 10.2. The maximum absolute atomic E-state index is 11.1. The molecule has 0 aliphatic heterocycles. The topological polar surface area (TPSA) is 56.8 Å². The Morgan fingerprint density at radius 2 is 1.95 bits per heavy atom. The van der Waals surface area contributed by atoms with Crippen LogP contribution in [0.3, 0.4) is 0 Å². The van der Waals surface area contributed by atoms with E-state index in [4.69, 9.17) is 14.2 Å². The van der Waals surface area contributed by atoms with Gasteiger partial charge < -0.3 is 19.5 Å². The Kier molecular flexibility index (Phi) is 8.47. The summed E-state index contributed by atoms with van der Waals surface area (Å²) in [6.45, 7) is 8.34. The van der Waals surface area contributed by atoms with Crippen LogP contribution in [0.25, 0.3) is 0 Å². The van der Waals surface area contributed by atoms with Crippen molar-refractivity contribution in [1.29, 1.82) is 0 Å². The smallest absolute Gasteiger partial charge is 0.305 e. The Morgan fingerprint density at radius 1 is 1.24 bits per heavy atom. The van der Waals surface area contributed by atoms with Crippen molar-refractivity contribution in [3.8, 4) is 5.75 Å². The van der Waals surface area contributed by atoms with Crippen LogP contribution in [-0.4, -0.2) is 32.0 Å². The van der Waals surface area contributed by atoms with E-state index < -0.39 is 0 Å². The molecule has 0 saturated heterocycles. The molecule has 0 aliphatic rings. The third-order valence-corrected chi connectivity index (χ3v) is 2.80. The maximum Gasteiger partial charge on any atom is 0.305 e. The van der Waals surface area contributed by atoms with E-state index in [0.717, 1.165) is 24.4 Å². The number of carbonyl (C=O) groups excluding carboxylic acids is 1. The highest BCUT2D eigenvalue weighted by molar-refractivity contribution is 5.68. The molecule has 1 unspecified atom stereocenters. The van der Waals surface area contributed by atoms with E-state index in [0.29, 0.717) is 19.6 Å². The van der Waals surface area contributed by atoms with E-state index in [2.05, 4.69) is 12.2 Å². The Hall–Kier alpha value is -1.59. The number of likely N-dealkylation sites (N-methyl/N-ethyl adjacent to an activating group) is 1. The molecule has 0 heterocycles. The van der Waals surface area contributed by atoms with Gasteiger partial charge in [-0.05, 0) is 31.2 Å². The Morgan fingerprint density at radius 3 is 2.57 bits per heavy atom. The summed E-state index contributed by atoms with van der Waals surface area (Å²) in [6, 6.07) is 7.45. The van der Waals surface area contributed by atoms with Gasteiger partial charge in [-0.3, -0.25) is 4.79 Å². The van der Waals surface area contributed by atoms with Gasteiger partial charge in [0.2, 0.25) is 0 Å². The lowest BCUT2D eigenvalue weighted by Gasteiger charge is -2.15. The van der Waals surface area contributed by atoms with Crippen molar-refractivity contribution in [2.24, 2.45) is 0 Å². The van der Waals surface area contributed by atoms with Crippen LogP contribution in [0, 0.1) is 0 Å². The Balaban J connectivity index is 2.31. The van der Waals surface area contributed by atoms with Gasteiger partial charge >= 0.3 is 5.97 Å². The van der Waals surface area contributed by atoms with E-state index in [1.807, 2.05) is 31.2 Å². The van der Waals surface area contributed by atoms with Crippen LogP contribution in [0.4, 0.5) is 0 Å². The fraction of sp³-hybridized carbons (Fsp3) is 0.562. The van der Waals surface area contributed by atoms with Crippen molar-refractivity contribution in [1.82, 2.24) is 5.32 Å². The third-order valence-electron chi connectivity index (χ3n) is 2.80. The normalized spacial score (nSPS) is 12.0. The number of hydrogen-bond donors (Lipinski definition) is 1. The molecule has 1 aromatic carbocycles. The van der Waals surface area contributed by atoms with Crippen LogP contribution in [0.1, 0.15) is 32.8 Å². The summed E-state index contributed by atoms with van der Waals surface area (Å²) in [5, 5.41) is 3.18. The lowest BCUT2D eigenvalue weighted by Crippen LogP contribution is -2.24. The zero-order valence-electron chi connectivity index (χ0n) is 13.1. The third kappa shape index (κ3) is 7.68. The maximum atomic E-state index is 11.1. The largest absolute Gasteiger partial charge is 0.465 e. The van der Waals surface area contributed by atoms with Crippen LogP contribution < -0.4 is 10.1 Å². The number of ether oxygens (including phenoxy) is 3. The van der Waals surface area contributed by atoms with Crippen molar-refractivity contribution >= 4 is 5.97 Å². The Labute approximate surface area is 126 Å². The number of hydrogen-bond acceptors (Lipinski definition) is 5. The minimum atomic E-state index is -0.299. The van der Waals surface area contributed by atoms with Crippen molar-refractivity contribution < 1.29 is 19.0 Å². The second-order valence-electron chi connectivity index (χ2n) is 4.57. The molecule has 0 saturated carbocycles. The van der Waals surface area contributed by atoms with Gasteiger partial charge in [-0.25, -0.2) is 0 Å². The second kappa shape index (κ2) is 10.2. The number of esters is 1.